The van der Waals surface area contributed by atoms with Crippen LogP contribution in [0.1, 0.15) is 5.56 Å². The molecule has 2 aliphatic heterocycles. The molecule has 0 unspecified atom stereocenters. The summed E-state index contributed by atoms with van der Waals surface area (Å²) in [5.74, 6) is 0.286. The fourth-order valence-corrected chi connectivity index (χ4v) is 3.62. The lowest BCUT2D eigenvalue weighted by molar-refractivity contribution is 0.133. The lowest BCUT2D eigenvalue weighted by Crippen LogP contribution is -2.36. The minimum absolute atomic E-state index is 0.176. The van der Waals surface area contributed by atoms with Crippen LogP contribution in [0.5, 0.6) is 0 Å². The molecule has 1 aromatic carbocycles. The fourth-order valence-electron chi connectivity index (χ4n) is 3.62. The van der Waals surface area contributed by atoms with Crippen LogP contribution in [0.3, 0.4) is 0 Å². The predicted octanol–water partition coefficient (Wildman–Crippen LogP) is 1.10. The summed E-state index contributed by atoms with van der Waals surface area (Å²) in [4.78, 5) is 29.6. The Morgan fingerprint density at radius 3 is 2.93 bits per heavy atom. The molecule has 1 amide bonds. The Morgan fingerprint density at radius 1 is 1.31 bits per heavy atom. The van der Waals surface area contributed by atoms with E-state index in [0.717, 1.165) is 5.39 Å². The van der Waals surface area contributed by atoms with Gasteiger partial charge in [-0.2, -0.15) is 0 Å². The van der Waals surface area contributed by atoms with Gasteiger partial charge in [-0.15, -0.1) is 0 Å². The number of nitrogens with zero attached hydrogens (tertiary/aromatic N) is 3. The van der Waals surface area contributed by atoms with E-state index in [1.807, 2.05) is 0 Å². The molecule has 0 aliphatic carbocycles. The molecule has 0 radical (unpaired) electrons. The molecule has 1 aromatic heterocycles. The summed E-state index contributed by atoms with van der Waals surface area (Å²) in [6, 6.07) is 6.28. The van der Waals surface area contributed by atoms with E-state index in [0.29, 0.717) is 49.5 Å². The van der Waals surface area contributed by atoms with Gasteiger partial charge in [-0.05, 0) is 36.6 Å². The molecule has 0 saturated carbocycles. The van der Waals surface area contributed by atoms with Crippen LogP contribution in [0.25, 0.3) is 10.9 Å². The third kappa shape index (κ3) is 3.86. The van der Waals surface area contributed by atoms with Gasteiger partial charge in [-0.25, -0.2) is 9.18 Å². The van der Waals surface area contributed by atoms with Crippen LogP contribution in [0.2, 0.25) is 0 Å². The molecule has 1 fully saturated rings. The Morgan fingerprint density at radius 2 is 2.14 bits per heavy atom. The summed E-state index contributed by atoms with van der Waals surface area (Å²) in [5, 5.41) is 7.12. The van der Waals surface area contributed by atoms with Crippen molar-refractivity contribution in [3.8, 4) is 0 Å². The van der Waals surface area contributed by atoms with Crippen molar-refractivity contribution in [2.45, 2.75) is 12.5 Å². The number of aryl methyl sites for hydroxylation is 1. The fraction of sp³-hybridized carbons (Fsp3) is 0.350. The second-order valence-corrected chi connectivity index (χ2v) is 6.99. The summed E-state index contributed by atoms with van der Waals surface area (Å²) in [6.45, 7) is 1.91. The van der Waals surface area contributed by atoms with E-state index >= 15 is 0 Å². The lowest BCUT2D eigenvalue weighted by Gasteiger charge is -2.19. The third-order valence-electron chi connectivity index (χ3n) is 5.09. The van der Waals surface area contributed by atoms with Crippen molar-refractivity contribution in [2.75, 3.05) is 26.2 Å². The number of amides is 1. The number of cyclic esters (lactones) is 1. The summed E-state index contributed by atoms with van der Waals surface area (Å²) < 4.78 is 21.3. The number of pyridine rings is 1. The van der Waals surface area contributed by atoms with Crippen LogP contribution in [0.15, 0.2) is 46.1 Å². The van der Waals surface area contributed by atoms with E-state index < -0.39 is 6.09 Å². The molecule has 29 heavy (non-hydrogen) atoms. The highest BCUT2D eigenvalue weighted by Gasteiger charge is 2.33. The molecule has 152 valence electrons. The van der Waals surface area contributed by atoms with E-state index in [4.69, 9.17) is 4.74 Å². The SMILES string of the molecule is Cn1c(=O)ccc2ccc(F)c(CCNC[C@H]3CN(C4=CN=CCN4)C(=O)O3)c21. The standard InChI is InChI=1S/C20H22FN5O3/c1-25-18(27)5-3-13-2-4-16(21)15(19(13)25)6-7-22-10-14-12-26(20(28)29-14)17-11-23-8-9-24-17/h2-5,8,11,14,22,24H,6-7,9-10,12H2,1H3/t14-/m0/s1. The molecule has 9 heteroatoms. The average Bonchev–Trinajstić information content (AvgIpc) is 3.10. The number of fused-ring (bicyclic) bond motifs is 1. The van der Waals surface area contributed by atoms with Crippen molar-refractivity contribution >= 4 is 23.2 Å². The van der Waals surface area contributed by atoms with E-state index in [1.54, 1.807) is 31.6 Å². The highest BCUT2D eigenvalue weighted by atomic mass is 19.1. The summed E-state index contributed by atoms with van der Waals surface area (Å²) >= 11 is 0. The minimum Gasteiger partial charge on any atom is -0.443 e. The van der Waals surface area contributed by atoms with Crippen molar-refractivity contribution in [1.29, 1.82) is 0 Å². The van der Waals surface area contributed by atoms with Gasteiger partial charge in [0.1, 0.15) is 17.7 Å². The molecule has 2 aliphatic rings. The zero-order valence-electron chi connectivity index (χ0n) is 16.0. The molecule has 1 atom stereocenters. The number of rotatable bonds is 6. The highest BCUT2D eigenvalue weighted by Crippen LogP contribution is 2.21. The summed E-state index contributed by atoms with van der Waals surface area (Å²) in [5.41, 5.74) is 0.925. The van der Waals surface area contributed by atoms with Gasteiger partial charge in [0.15, 0.2) is 0 Å². The quantitative estimate of drug-likeness (QED) is 0.711. The van der Waals surface area contributed by atoms with Crippen LogP contribution >= 0.6 is 0 Å². The van der Waals surface area contributed by atoms with Crippen molar-refractivity contribution < 1.29 is 13.9 Å². The number of aromatic nitrogens is 1. The van der Waals surface area contributed by atoms with E-state index in [-0.39, 0.29) is 17.5 Å². The first-order valence-corrected chi connectivity index (χ1v) is 9.46. The van der Waals surface area contributed by atoms with Crippen LogP contribution in [-0.2, 0) is 18.2 Å². The number of hydrogen-bond donors (Lipinski definition) is 2. The van der Waals surface area contributed by atoms with Gasteiger partial charge >= 0.3 is 6.09 Å². The van der Waals surface area contributed by atoms with E-state index in [1.165, 1.54) is 21.6 Å². The number of carbonyl (C=O) groups excluding carboxylic acids is 1. The third-order valence-corrected chi connectivity index (χ3v) is 5.09. The topological polar surface area (TPSA) is 88.0 Å². The molecule has 3 heterocycles. The Balaban J connectivity index is 1.37. The molecule has 2 aromatic rings. The van der Waals surface area contributed by atoms with E-state index in [9.17, 15) is 14.0 Å². The maximum absolute atomic E-state index is 14.4. The number of carbonyl (C=O) groups is 1. The number of benzene rings is 1. The number of aliphatic imine (C=N–C) groups is 1. The number of halogens is 1. The van der Waals surface area contributed by atoms with Crippen LogP contribution in [0.4, 0.5) is 9.18 Å². The molecule has 2 N–H and O–H groups in total. The zero-order valence-corrected chi connectivity index (χ0v) is 16.0. The number of nitrogens with one attached hydrogen (secondary N) is 2. The smallest absolute Gasteiger partial charge is 0.415 e. The molecular formula is C20H22FN5O3. The van der Waals surface area contributed by atoms with Crippen LogP contribution in [0, 0.1) is 5.82 Å². The van der Waals surface area contributed by atoms with Gasteiger partial charge in [0.25, 0.3) is 5.56 Å². The Hall–Kier alpha value is -3.20. The van der Waals surface area contributed by atoms with E-state index in [2.05, 4.69) is 15.6 Å². The first-order valence-electron chi connectivity index (χ1n) is 9.46. The van der Waals surface area contributed by atoms with Gasteiger partial charge in [0, 0.05) is 31.4 Å². The monoisotopic (exact) mass is 399 g/mol. The van der Waals surface area contributed by atoms with Gasteiger partial charge in [0.05, 0.1) is 24.8 Å². The van der Waals surface area contributed by atoms with Crippen LogP contribution in [-0.4, -0.2) is 54.1 Å². The van der Waals surface area contributed by atoms with Crippen LogP contribution < -0.4 is 16.2 Å². The molecule has 1 saturated heterocycles. The van der Waals surface area contributed by atoms with Gasteiger partial charge in [-0.3, -0.25) is 14.7 Å². The summed E-state index contributed by atoms with van der Waals surface area (Å²) in [6.07, 6.45) is 2.99. The average molecular weight is 399 g/mol. The summed E-state index contributed by atoms with van der Waals surface area (Å²) in [7, 11) is 1.64. The first kappa shape index (κ1) is 19.1. The van der Waals surface area contributed by atoms with Gasteiger partial charge in [0.2, 0.25) is 0 Å². The molecule has 0 bridgehead atoms. The largest absolute Gasteiger partial charge is 0.443 e. The Labute approximate surface area is 166 Å². The van der Waals surface area contributed by atoms with Crippen molar-refractivity contribution in [1.82, 2.24) is 20.1 Å². The number of hydrogen-bond acceptors (Lipinski definition) is 6. The maximum atomic E-state index is 14.4. The Kier molecular flexibility index (Phi) is 5.30. The Bertz CT molecular complexity index is 1060. The maximum Gasteiger partial charge on any atom is 0.415 e. The lowest BCUT2D eigenvalue weighted by atomic mass is 10.1. The van der Waals surface area contributed by atoms with Crippen molar-refractivity contribution in [3.05, 3.63) is 58.0 Å². The molecule has 0 spiro atoms. The normalized spacial score (nSPS) is 18.7. The first-order chi connectivity index (χ1) is 14.0. The van der Waals surface area contributed by atoms with Crippen molar-refractivity contribution in [3.63, 3.8) is 0 Å². The second kappa shape index (κ2) is 8.04. The predicted molar refractivity (Wildman–Crippen MR) is 107 cm³/mol. The molecule has 8 nitrogen and oxygen atoms in total. The van der Waals surface area contributed by atoms with Gasteiger partial charge < -0.3 is 19.9 Å². The minimum atomic E-state index is -0.414. The second-order valence-electron chi connectivity index (χ2n) is 6.99. The highest BCUT2D eigenvalue weighted by molar-refractivity contribution is 5.82. The molecular weight excluding hydrogens is 377 g/mol. The van der Waals surface area contributed by atoms with Crippen molar-refractivity contribution in [2.24, 2.45) is 12.0 Å². The number of ether oxygens (including phenoxy) is 1. The zero-order chi connectivity index (χ0) is 20.4. The molecule has 4 rings (SSSR count). The van der Waals surface area contributed by atoms with Gasteiger partial charge in [-0.1, -0.05) is 0 Å².